The predicted molar refractivity (Wildman–Crippen MR) is 61.3 cm³/mol. The summed E-state index contributed by atoms with van der Waals surface area (Å²) < 4.78 is 4.94. The molecule has 0 fully saturated rings. The van der Waals surface area contributed by atoms with E-state index in [1.807, 2.05) is 6.92 Å². The number of rotatable bonds is 5. The van der Waals surface area contributed by atoms with Crippen LogP contribution in [0.1, 0.15) is 13.3 Å². The van der Waals surface area contributed by atoms with E-state index in [1.54, 1.807) is 7.11 Å². The third kappa shape index (κ3) is 4.12. The second-order valence-electron chi connectivity index (χ2n) is 3.51. The fraction of sp³-hybridized carbons (Fsp3) is 0.500. The number of aromatic nitrogens is 2. The predicted octanol–water partition coefficient (Wildman–Crippen LogP) is 1.74. The lowest BCUT2D eigenvalue weighted by molar-refractivity contribution is -0.117. The summed E-state index contributed by atoms with van der Waals surface area (Å²) >= 11 is 5.75. The van der Waals surface area contributed by atoms with Crippen molar-refractivity contribution in [3.05, 3.63) is 17.5 Å². The third-order valence-electron chi connectivity index (χ3n) is 1.90. The number of hydrogen-bond donors (Lipinski definition) is 1. The van der Waals surface area contributed by atoms with Crippen LogP contribution in [0.15, 0.2) is 12.4 Å². The Morgan fingerprint density at radius 2 is 2.25 bits per heavy atom. The van der Waals surface area contributed by atoms with Crippen LogP contribution in [0.2, 0.25) is 5.15 Å². The minimum Gasteiger partial charge on any atom is -0.384 e. The topological polar surface area (TPSA) is 64.1 Å². The number of nitrogens with zero attached hydrogens (tertiary/aromatic N) is 2. The second kappa shape index (κ2) is 6.40. The number of anilines is 1. The molecule has 1 atom stereocenters. The van der Waals surface area contributed by atoms with Crippen molar-refractivity contribution >= 4 is 23.3 Å². The molecule has 16 heavy (non-hydrogen) atoms. The van der Waals surface area contributed by atoms with E-state index in [1.165, 1.54) is 12.4 Å². The first-order valence-corrected chi connectivity index (χ1v) is 5.26. The van der Waals surface area contributed by atoms with E-state index >= 15 is 0 Å². The van der Waals surface area contributed by atoms with Crippen LogP contribution in [-0.4, -0.2) is 29.6 Å². The molecule has 0 aliphatic rings. The SMILES string of the molecule is COCC(C)CC(=O)Nc1nccnc1Cl. The molecule has 0 saturated heterocycles. The quantitative estimate of drug-likeness (QED) is 0.856. The van der Waals surface area contributed by atoms with E-state index in [0.717, 1.165) is 0 Å². The third-order valence-corrected chi connectivity index (χ3v) is 2.17. The van der Waals surface area contributed by atoms with Gasteiger partial charge in [0.2, 0.25) is 5.91 Å². The first kappa shape index (κ1) is 12.9. The van der Waals surface area contributed by atoms with Gasteiger partial charge in [-0.1, -0.05) is 18.5 Å². The first-order chi connectivity index (χ1) is 7.63. The molecule has 0 aliphatic carbocycles. The van der Waals surface area contributed by atoms with Gasteiger partial charge in [-0.3, -0.25) is 4.79 Å². The molecule has 1 unspecified atom stereocenters. The number of ether oxygens (including phenoxy) is 1. The van der Waals surface area contributed by atoms with Crippen molar-refractivity contribution in [2.24, 2.45) is 5.92 Å². The molecule has 1 N–H and O–H groups in total. The van der Waals surface area contributed by atoms with Gasteiger partial charge in [0, 0.05) is 32.5 Å². The molecule has 1 heterocycles. The molecule has 1 aromatic heterocycles. The van der Waals surface area contributed by atoms with Crippen molar-refractivity contribution < 1.29 is 9.53 Å². The molecule has 5 nitrogen and oxygen atoms in total. The highest BCUT2D eigenvalue weighted by Gasteiger charge is 2.11. The lowest BCUT2D eigenvalue weighted by Gasteiger charge is -2.10. The van der Waals surface area contributed by atoms with Crippen LogP contribution in [0.3, 0.4) is 0 Å². The number of amides is 1. The number of carbonyl (C=O) groups excluding carboxylic acids is 1. The van der Waals surface area contributed by atoms with Gasteiger partial charge < -0.3 is 10.1 Å². The average Bonchev–Trinajstić information content (AvgIpc) is 2.21. The van der Waals surface area contributed by atoms with Crippen molar-refractivity contribution in [3.8, 4) is 0 Å². The first-order valence-electron chi connectivity index (χ1n) is 4.88. The lowest BCUT2D eigenvalue weighted by Crippen LogP contribution is -2.18. The van der Waals surface area contributed by atoms with E-state index in [2.05, 4.69) is 15.3 Å². The van der Waals surface area contributed by atoms with Crippen LogP contribution in [0.25, 0.3) is 0 Å². The molecule has 1 rings (SSSR count). The van der Waals surface area contributed by atoms with Gasteiger partial charge in [0.05, 0.1) is 0 Å². The fourth-order valence-corrected chi connectivity index (χ4v) is 1.40. The normalized spacial score (nSPS) is 12.2. The van der Waals surface area contributed by atoms with Gasteiger partial charge in [0.15, 0.2) is 11.0 Å². The van der Waals surface area contributed by atoms with Crippen molar-refractivity contribution in [3.63, 3.8) is 0 Å². The van der Waals surface area contributed by atoms with Crippen LogP contribution in [-0.2, 0) is 9.53 Å². The van der Waals surface area contributed by atoms with Gasteiger partial charge in [0.25, 0.3) is 0 Å². The average molecular weight is 244 g/mol. The monoisotopic (exact) mass is 243 g/mol. The maximum Gasteiger partial charge on any atom is 0.225 e. The van der Waals surface area contributed by atoms with Crippen LogP contribution >= 0.6 is 11.6 Å². The summed E-state index contributed by atoms with van der Waals surface area (Å²) in [6, 6.07) is 0. The molecule has 0 aliphatic heterocycles. The molecule has 0 spiro atoms. The Kier molecular flexibility index (Phi) is 5.14. The second-order valence-corrected chi connectivity index (χ2v) is 3.87. The van der Waals surface area contributed by atoms with Crippen LogP contribution in [0.4, 0.5) is 5.82 Å². The number of methoxy groups -OCH3 is 1. The Morgan fingerprint density at radius 1 is 1.56 bits per heavy atom. The summed E-state index contributed by atoms with van der Waals surface area (Å²) in [7, 11) is 1.61. The highest BCUT2D eigenvalue weighted by Crippen LogP contribution is 2.15. The van der Waals surface area contributed by atoms with Gasteiger partial charge in [-0.15, -0.1) is 0 Å². The molecule has 88 valence electrons. The minimum atomic E-state index is -0.146. The Balaban J connectivity index is 2.49. The number of carbonyl (C=O) groups is 1. The molecule has 1 amide bonds. The summed E-state index contributed by atoms with van der Waals surface area (Å²) in [5.74, 6) is 0.297. The van der Waals surface area contributed by atoms with E-state index in [4.69, 9.17) is 16.3 Å². The minimum absolute atomic E-state index is 0.146. The zero-order chi connectivity index (χ0) is 12.0. The summed E-state index contributed by atoms with van der Waals surface area (Å²) in [5, 5.41) is 2.79. The molecule has 0 radical (unpaired) electrons. The Morgan fingerprint density at radius 3 is 2.88 bits per heavy atom. The fourth-order valence-electron chi connectivity index (χ4n) is 1.25. The van der Waals surface area contributed by atoms with Crippen LogP contribution < -0.4 is 5.32 Å². The van der Waals surface area contributed by atoms with E-state index < -0.39 is 0 Å². The molecule has 0 bridgehead atoms. The Hall–Kier alpha value is -1.20. The lowest BCUT2D eigenvalue weighted by atomic mass is 10.1. The standard InChI is InChI=1S/C10H14ClN3O2/c1-7(6-16-2)5-8(15)14-10-9(11)12-3-4-13-10/h3-4,7H,5-6H2,1-2H3,(H,13,14,15). The van der Waals surface area contributed by atoms with E-state index in [0.29, 0.717) is 18.8 Å². The Bertz CT molecular complexity index is 360. The molecule has 0 saturated carbocycles. The van der Waals surface area contributed by atoms with Crippen molar-refractivity contribution in [1.82, 2.24) is 9.97 Å². The summed E-state index contributed by atoms with van der Waals surface area (Å²) in [6.45, 7) is 2.48. The molecule has 0 aromatic carbocycles. The number of halogens is 1. The van der Waals surface area contributed by atoms with Crippen LogP contribution in [0.5, 0.6) is 0 Å². The van der Waals surface area contributed by atoms with Gasteiger partial charge in [0.1, 0.15) is 0 Å². The molecular formula is C10H14ClN3O2. The number of nitrogens with one attached hydrogen (secondary N) is 1. The summed E-state index contributed by atoms with van der Waals surface area (Å²) in [5.41, 5.74) is 0. The van der Waals surface area contributed by atoms with E-state index in [-0.39, 0.29) is 17.0 Å². The van der Waals surface area contributed by atoms with Crippen molar-refractivity contribution in [2.45, 2.75) is 13.3 Å². The Labute approximate surface area is 99.2 Å². The summed E-state index contributed by atoms with van der Waals surface area (Å²) in [6.07, 6.45) is 3.30. The maximum absolute atomic E-state index is 11.6. The van der Waals surface area contributed by atoms with Gasteiger partial charge >= 0.3 is 0 Å². The summed E-state index contributed by atoms with van der Waals surface area (Å²) in [4.78, 5) is 19.3. The highest BCUT2D eigenvalue weighted by molar-refractivity contribution is 6.32. The van der Waals surface area contributed by atoms with Crippen molar-refractivity contribution in [1.29, 1.82) is 0 Å². The highest BCUT2D eigenvalue weighted by atomic mass is 35.5. The smallest absolute Gasteiger partial charge is 0.225 e. The zero-order valence-electron chi connectivity index (χ0n) is 9.24. The number of hydrogen-bond acceptors (Lipinski definition) is 4. The molecule has 6 heteroatoms. The van der Waals surface area contributed by atoms with Gasteiger partial charge in [-0.2, -0.15) is 0 Å². The van der Waals surface area contributed by atoms with Gasteiger partial charge in [-0.25, -0.2) is 9.97 Å². The zero-order valence-corrected chi connectivity index (χ0v) is 9.99. The molecule has 1 aromatic rings. The largest absolute Gasteiger partial charge is 0.384 e. The van der Waals surface area contributed by atoms with E-state index in [9.17, 15) is 4.79 Å². The van der Waals surface area contributed by atoms with Gasteiger partial charge in [-0.05, 0) is 5.92 Å². The van der Waals surface area contributed by atoms with Crippen molar-refractivity contribution in [2.75, 3.05) is 19.0 Å². The van der Waals surface area contributed by atoms with Crippen LogP contribution in [0, 0.1) is 5.92 Å². The maximum atomic E-state index is 11.6. The molecular weight excluding hydrogens is 230 g/mol.